The lowest BCUT2D eigenvalue weighted by Gasteiger charge is -2.07. The number of carboxylic acids is 1. The van der Waals surface area contributed by atoms with Gasteiger partial charge in [-0.2, -0.15) is 5.10 Å². The Morgan fingerprint density at radius 2 is 1.88 bits per heavy atom. The summed E-state index contributed by atoms with van der Waals surface area (Å²) >= 11 is 0. The number of hydrogen-bond donors (Lipinski definition) is 2. The van der Waals surface area contributed by atoms with E-state index in [1.54, 1.807) is 0 Å². The molecule has 0 amide bonds. The van der Waals surface area contributed by atoms with Crippen molar-refractivity contribution in [2.45, 2.75) is 58.4 Å². The van der Waals surface area contributed by atoms with Crippen LogP contribution in [0.4, 0.5) is 0 Å². The Bertz CT molecular complexity index is 650. The standard InChI is InChI=1S/C20H29N3O2/c1-16(2)20-17(14-21-13-9-4-3-8-12-19(24)25)15-23(22-20)18-10-6-5-7-11-18/h5-7,10-11,15-16,21H,3-4,8-9,12-14H2,1-2H3,(H,24,25). The van der Waals surface area contributed by atoms with Gasteiger partial charge in [0.25, 0.3) is 0 Å². The van der Waals surface area contributed by atoms with Crippen molar-refractivity contribution in [2.24, 2.45) is 0 Å². The number of aromatic nitrogens is 2. The van der Waals surface area contributed by atoms with E-state index in [0.29, 0.717) is 5.92 Å². The van der Waals surface area contributed by atoms with E-state index in [1.165, 1.54) is 5.56 Å². The van der Waals surface area contributed by atoms with Crippen LogP contribution in [-0.4, -0.2) is 27.4 Å². The van der Waals surface area contributed by atoms with Gasteiger partial charge in [0.05, 0.1) is 11.4 Å². The summed E-state index contributed by atoms with van der Waals surface area (Å²) in [4.78, 5) is 10.5. The molecule has 0 saturated carbocycles. The third-order valence-electron chi connectivity index (χ3n) is 4.20. The zero-order valence-electron chi connectivity index (χ0n) is 15.2. The normalized spacial score (nSPS) is 11.2. The molecule has 0 aliphatic rings. The lowest BCUT2D eigenvalue weighted by atomic mass is 10.1. The third-order valence-corrected chi connectivity index (χ3v) is 4.20. The first kappa shape index (κ1) is 19.2. The minimum Gasteiger partial charge on any atom is -0.481 e. The Balaban J connectivity index is 1.81. The Morgan fingerprint density at radius 1 is 1.16 bits per heavy atom. The van der Waals surface area contributed by atoms with Crippen LogP contribution in [0, 0.1) is 0 Å². The average molecular weight is 343 g/mol. The summed E-state index contributed by atoms with van der Waals surface area (Å²) in [5.74, 6) is -0.312. The summed E-state index contributed by atoms with van der Waals surface area (Å²) in [6.07, 6.45) is 6.30. The average Bonchev–Trinajstić information content (AvgIpc) is 3.02. The quantitative estimate of drug-likeness (QED) is 0.602. The van der Waals surface area contributed by atoms with E-state index in [2.05, 4.69) is 37.5 Å². The molecule has 0 bridgehead atoms. The minimum absolute atomic E-state index is 0.282. The monoisotopic (exact) mass is 343 g/mol. The third kappa shape index (κ3) is 6.35. The number of rotatable bonds is 11. The molecule has 5 heteroatoms. The van der Waals surface area contributed by atoms with Gasteiger partial charge in [0.2, 0.25) is 0 Å². The second kappa shape index (κ2) is 9.99. The van der Waals surface area contributed by atoms with Crippen molar-refractivity contribution in [1.82, 2.24) is 15.1 Å². The zero-order chi connectivity index (χ0) is 18.1. The molecule has 0 aliphatic heterocycles. The fourth-order valence-corrected chi connectivity index (χ4v) is 2.86. The molecule has 2 rings (SSSR count). The summed E-state index contributed by atoms with van der Waals surface area (Å²) in [5, 5.41) is 16.9. The van der Waals surface area contributed by atoms with Gasteiger partial charge in [0.15, 0.2) is 0 Å². The van der Waals surface area contributed by atoms with Crippen molar-refractivity contribution < 1.29 is 9.90 Å². The largest absolute Gasteiger partial charge is 0.481 e. The molecular formula is C20H29N3O2. The van der Waals surface area contributed by atoms with Gasteiger partial charge < -0.3 is 10.4 Å². The second-order valence-corrected chi connectivity index (χ2v) is 6.71. The molecule has 0 unspecified atom stereocenters. The number of carboxylic acid groups (broad SMARTS) is 1. The number of nitrogens with one attached hydrogen (secondary N) is 1. The Morgan fingerprint density at radius 3 is 2.56 bits per heavy atom. The molecule has 0 saturated heterocycles. The van der Waals surface area contributed by atoms with Gasteiger partial charge in [0, 0.05) is 24.7 Å². The van der Waals surface area contributed by atoms with Crippen LogP contribution in [0.1, 0.15) is 63.1 Å². The Hall–Kier alpha value is -2.14. The van der Waals surface area contributed by atoms with Crippen LogP contribution in [0.3, 0.4) is 0 Å². The van der Waals surface area contributed by atoms with Crippen LogP contribution in [0.2, 0.25) is 0 Å². The summed E-state index contributed by atoms with van der Waals surface area (Å²) in [6, 6.07) is 10.2. The molecule has 2 aromatic rings. The molecule has 136 valence electrons. The highest BCUT2D eigenvalue weighted by atomic mass is 16.4. The predicted octanol–water partition coefficient (Wildman–Crippen LogP) is 4.12. The van der Waals surface area contributed by atoms with E-state index in [-0.39, 0.29) is 6.42 Å². The van der Waals surface area contributed by atoms with Crippen molar-refractivity contribution in [1.29, 1.82) is 0 Å². The molecule has 0 aliphatic carbocycles. The molecule has 1 aromatic carbocycles. The fourth-order valence-electron chi connectivity index (χ4n) is 2.86. The summed E-state index contributed by atoms with van der Waals surface area (Å²) in [6.45, 7) is 6.10. The number of aliphatic carboxylic acids is 1. The van der Waals surface area contributed by atoms with Crippen molar-refractivity contribution >= 4 is 5.97 Å². The van der Waals surface area contributed by atoms with E-state index < -0.39 is 5.97 Å². The number of carbonyl (C=O) groups is 1. The first-order valence-corrected chi connectivity index (χ1v) is 9.14. The predicted molar refractivity (Wildman–Crippen MR) is 100 cm³/mol. The smallest absolute Gasteiger partial charge is 0.303 e. The number of para-hydroxylation sites is 1. The molecule has 0 fully saturated rings. The van der Waals surface area contributed by atoms with Gasteiger partial charge in [-0.05, 0) is 37.4 Å². The fraction of sp³-hybridized carbons (Fsp3) is 0.500. The Kier molecular flexibility index (Phi) is 7.67. The molecule has 1 heterocycles. The zero-order valence-corrected chi connectivity index (χ0v) is 15.2. The highest BCUT2D eigenvalue weighted by Gasteiger charge is 2.12. The molecule has 0 atom stereocenters. The molecule has 25 heavy (non-hydrogen) atoms. The van der Waals surface area contributed by atoms with Crippen molar-refractivity contribution in [3.63, 3.8) is 0 Å². The first-order valence-electron chi connectivity index (χ1n) is 9.14. The molecular weight excluding hydrogens is 314 g/mol. The van der Waals surface area contributed by atoms with E-state index in [4.69, 9.17) is 10.2 Å². The van der Waals surface area contributed by atoms with Gasteiger partial charge in [0.1, 0.15) is 0 Å². The summed E-state index contributed by atoms with van der Waals surface area (Å²) in [5.41, 5.74) is 3.46. The van der Waals surface area contributed by atoms with Crippen LogP contribution in [-0.2, 0) is 11.3 Å². The second-order valence-electron chi connectivity index (χ2n) is 6.71. The SMILES string of the molecule is CC(C)c1nn(-c2ccccc2)cc1CNCCCCCCC(=O)O. The maximum Gasteiger partial charge on any atom is 0.303 e. The van der Waals surface area contributed by atoms with E-state index in [0.717, 1.165) is 50.2 Å². The van der Waals surface area contributed by atoms with Crippen LogP contribution < -0.4 is 5.32 Å². The molecule has 2 N–H and O–H groups in total. The minimum atomic E-state index is -0.699. The lowest BCUT2D eigenvalue weighted by molar-refractivity contribution is -0.137. The highest BCUT2D eigenvalue weighted by Crippen LogP contribution is 2.20. The topological polar surface area (TPSA) is 67.2 Å². The van der Waals surface area contributed by atoms with E-state index >= 15 is 0 Å². The first-order chi connectivity index (χ1) is 12.1. The van der Waals surface area contributed by atoms with Gasteiger partial charge in [-0.3, -0.25) is 4.79 Å². The van der Waals surface area contributed by atoms with Crippen molar-refractivity contribution in [2.75, 3.05) is 6.54 Å². The molecule has 0 spiro atoms. The molecule has 0 radical (unpaired) electrons. The van der Waals surface area contributed by atoms with Gasteiger partial charge >= 0.3 is 5.97 Å². The maximum absolute atomic E-state index is 10.5. The van der Waals surface area contributed by atoms with E-state index in [9.17, 15) is 4.79 Å². The van der Waals surface area contributed by atoms with Crippen LogP contribution in [0.5, 0.6) is 0 Å². The van der Waals surface area contributed by atoms with E-state index in [1.807, 2.05) is 22.9 Å². The number of benzene rings is 1. The lowest BCUT2D eigenvalue weighted by Crippen LogP contribution is -2.15. The maximum atomic E-state index is 10.5. The van der Waals surface area contributed by atoms with Gasteiger partial charge in [-0.1, -0.05) is 44.9 Å². The number of hydrogen-bond acceptors (Lipinski definition) is 3. The summed E-state index contributed by atoms with van der Waals surface area (Å²) in [7, 11) is 0. The van der Waals surface area contributed by atoms with Crippen molar-refractivity contribution in [3.05, 3.63) is 47.8 Å². The van der Waals surface area contributed by atoms with Crippen LogP contribution in [0.15, 0.2) is 36.5 Å². The van der Waals surface area contributed by atoms with Crippen molar-refractivity contribution in [3.8, 4) is 5.69 Å². The molecule has 5 nitrogen and oxygen atoms in total. The summed E-state index contributed by atoms with van der Waals surface area (Å²) < 4.78 is 1.96. The number of unbranched alkanes of at least 4 members (excludes halogenated alkanes) is 3. The van der Waals surface area contributed by atoms with Crippen LogP contribution in [0.25, 0.3) is 5.69 Å². The highest BCUT2D eigenvalue weighted by molar-refractivity contribution is 5.66. The van der Waals surface area contributed by atoms with Gasteiger partial charge in [-0.25, -0.2) is 4.68 Å². The van der Waals surface area contributed by atoms with Crippen LogP contribution >= 0.6 is 0 Å². The molecule has 1 aromatic heterocycles. The Labute approximate surface area is 150 Å². The van der Waals surface area contributed by atoms with Gasteiger partial charge in [-0.15, -0.1) is 0 Å². The number of nitrogens with zero attached hydrogens (tertiary/aromatic N) is 2.